The van der Waals surface area contributed by atoms with E-state index in [2.05, 4.69) is 0 Å². The van der Waals surface area contributed by atoms with Crippen LogP contribution in [0.15, 0.2) is 48.2 Å². The molecular weight excluding hydrogens is 432 g/mol. The van der Waals surface area contributed by atoms with Gasteiger partial charge in [-0.25, -0.2) is 4.90 Å². The van der Waals surface area contributed by atoms with Crippen molar-refractivity contribution in [3.8, 4) is 5.75 Å². The van der Waals surface area contributed by atoms with Crippen molar-refractivity contribution in [3.63, 3.8) is 0 Å². The minimum atomic E-state index is -0.436. The molecule has 2 aromatic carbocycles. The van der Waals surface area contributed by atoms with Crippen LogP contribution in [0.1, 0.15) is 11.1 Å². The van der Waals surface area contributed by atoms with Gasteiger partial charge in [0.15, 0.2) is 0 Å². The Balaban J connectivity index is 2.18. The lowest BCUT2D eigenvalue weighted by molar-refractivity contribution is -0.120. The van der Waals surface area contributed by atoms with E-state index in [1.807, 2.05) is 17.9 Å². The molecule has 2 amide bonds. The largest absolute Gasteiger partial charge is 0.496 e. The van der Waals surface area contributed by atoms with E-state index in [-0.39, 0.29) is 11.3 Å². The summed E-state index contributed by atoms with van der Waals surface area (Å²) < 4.78 is 16.0. The van der Waals surface area contributed by atoms with Gasteiger partial charge in [-0.1, -0.05) is 35.9 Å². The Labute approximate surface area is 193 Å². The molecule has 0 bridgehead atoms. The van der Waals surface area contributed by atoms with Gasteiger partial charge in [0.1, 0.15) is 11.4 Å². The number of carbonyl (C=O) groups excluding carboxylic acids is 2. The van der Waals surface area contributed by atoms with E-state index in [1.165, 1.54) is 7.11 Å². The number of anilines is 1. The van der Waals surface area contributed by atoms with Crippen molar-refractivity contribution in [1.82, 2.24) is 4.90 Å². The first-order valence-corrected chi connectivity index (χ1v) is 10.6. The highest BCUT2D eigenvalue weighted by Crippen LogP contribution is 2.38. The highest BCUT2D eigenvalue weighted by molar-refractivity contribution is 6.46. The second kappa shape index (κ2) is 10.6. The Hall–Kier alpha value is -2.87. The molecule has 0 radical (unpaired) electrons. The number of benzene rings is 2. The lowest BCUT2D eigenvalue weighted by Crippen LogP contribution is -2.37. The van der Waals surface area contributed by atoms with Gasteiger partial charge in [-0.15, -0.1) is 0 Å². The molecule has 0 aliphatic carbocycles. The van der Waals surface area contributed by atoms with E-state index in [4.69, 9.17) is 25.8 Å². The fourth-order valence-electron chi connectivity index (χ4n) is 3.60. The van der Waals surface area contributed by atoms with Gasteiger partial charge in [0, 0.05) is 37.9 Å². The number of imide groups is 1. The summed E-state index contributed by atoms with van der Waals surface area (Å²) in [6.45, 7) is 3.44. The number of hydrogen-bond donors (Lipinski definition) is 0. The average Bonchev–Trinajstić information content (AvgIpc) is 3.05. The topological polar surface area (TPSA) is 68.3 Å². The van der Waals surface area contributed by atoms with Crippen molar-refractivity contribution >= 4 is 34.7 Å². The molecule has 1 aliphatic heterocycles. The highest BCUT2D eigenvalue weighted by atomic mass is 35.5. The number of ether oxygens (including phenoxy) is 3. The summed E-state index contributed by atoms with van der Waals surface area (Å²) >= 11 is 6.30. The summed E-state index contributed by atoms with van der Waals surface area (Å²) in [5, 5.41) is 0.478. The molecule has 0 spiro atoms. The van der Waals surface area contributed by atoms with E-state index in [9.17, 15) is 9.59 Å². The standard InChI is InChI=1S/C24H27ClN2O5/c1-16-9-10-17(15-19(16)25)27-23(28)21(18-7-5-6-8-20(18)32-4)22(24(27)29)26(11-13-30-2)12-14-31-3/h5-10,15H,11-14H2,1-4H3. The summed E-state index contributed by atoms with van der Waals surface area (Å²) in [6, 6.07) is 12.3. The van der Waals surface area contributed by atoms with Crippen LogP contribution in [0.25, 0.3) is 5.57 Å². The highest BCUT2D eigenvalue weighted by Gasteiger charge is 2.43. The van der Waals surface area contributed by atoms with Gasteiger partial charge in [0.25, 0.3) is 11.8 Å². The molecule has 170 valence electrons. The maximum Gasteiger partial charge on any atom is 0.282 e. The normalized spacial score (nSPS) is 13.8. The molecule has 7 nitrogen and oxygen atoms in total. The number of para-hydroxylation sites is 1. The Morgan fingerprint density at radius 1 is 0.938 bits per heavy atom. The van der Waals surface area contributed by atoms with Crippen molar-refractivity contribution < 1.29 is 23.8 Å². The number of amides is 2. The fraction of sp³-hybridized carbons (Fsp3) is 0.333. The molecule has 0 aromatic heterocycles. The van der Waals surface area contributed by atoms with Crippen LogP contribution in [0.2, 0.25) is 5.02 Å². The van der Waals surface area contributed by atoms with Gasteiger partial charge < -0.3 is 19.1 Å². The Bertz CT molecular complexity index is 1030. The van der Waals surface area contributed by atoms with Crippen LogP contribution in [-0.2, 0) is 19.1 Å². The van der Waals surface area contributed by atoms with Crippen LogP contribution < -0.4 is 9.64 Å². The summed E-state index contributed by atoms with van der Waals surface area (Å²) in [4.78, 5) is 30.4. The SMILES string of the molecule is COCCN(CCOC)C1=C(c2ccccc2OC)C(=O)N(c2ccc(C)c(Cl)c2)C1=O. The number of hydrogen-bond acceptors (Lipinski definition) is 6. The van der Waals surface area contributed by atoms with Gasteiger partial charge in [-0.05, 0) is 30.7 Å². The Morgan fingerprint density at radius 2 is 1.59 bits per heavy atom. The zero-order valence-corrected chi connectivity index (χ0v) is 19.4. The van der Waals surface area contributed by atoms with Crippen LogP contribution >= 0.6 is 11.6 Å². The second-order valence-corrected chi connectivity index (χ2v) is 7.68. The van der Waals surface area contributed by atoms with Crippen molar-refractivity contribution in [1.29, 1.82) is 0 Å². The van der Waals surface area contributed by atoms with Crippen molar-refractivity contribution in [3.05, 3.63) is 64.3 Å². The number of aryl methyl sites for hydroxylation is 1. The van der Waals surface area contributed by atoms with E-state index in [0.717, 1.165) is 10.5 Å². The third kappa shape index (κ3) is 4.65. The number of halogens is 1. The van der Waals surface area contributed by atoms with Gasteiger partial charge in [0.05, 0.1) is 31.6 Å². The quantitative estimate of drug-likeness (QED) is 0.507. The monoisotopic (exact) mass is 458 g/mol. The number of rotatable bonds is 10. The van der Waals surface area contributed by atoms with Crippen LogP contribution in [-0.4, -0.2) is 64.3 Å². The average molecular weight is 459 g/mol. The Morgan fingerprint density at radius 3 is 2.19 bits per heavy atom. The van der Waals surface area contributed by atoms with Crippen LogP contribution in [0, 0.1) is 6.92 Å². The summed E-state index contributed by atoms with van der Waals surface area (Å²) in [5.74, 6) is -0.361. The third-order valence-corrected chi connectivity index (χ3v) is 5.70. The number of carbonyl (C=O) groups is 2. The first kappa shape index (κ1) is 23.8. The summed E-state index contributed by atoms with van der Waals surface area (Å²) in [5.41, 5.74) is 2.37. The molecule has 0 saturated heterocycles. The van der Waals surface area contributed by atoms with Gasteiger partial charge in [0.2, 0.25) is 0 Å². The predicted molar refractivity (Wildman–Crippen MR) is 124 cm³/mol. The predicted octanol–water partition coefficient (Wildman–Crippen LogP) is 3.54. The van der Waals surface area contributed by atoms with Crippen molar-refractivity contribution in [2.24, 2.45) is 0 Å². The smallest absolute Gasteiger partial charge is 0.282 e. The first-order valence-electron chi connectivity index (χ1n) is 10.2. The molecule has 0 fully saturated rings. The molecule has 32 heavy (non-hydrogen) atoms. The lowest BCUT2D eigenvalue weighted by Gasteiger charge is -2.26. The van der Waals surface area contributed by atoms with E-state index >= 15 is 0 Å². The molecule has 0 saturated carbocycles. The van der Waals surface area contributed by atoms with Gasteiger partial charge in [-0.3, -0.25) is 9.59 Å². The van der Waals surface area contributed by atoms with Crippen molar-refractivity contribution in [2.45, 2.75) is 6.92 Å². The van der Waals surface area contributed by atoms with Crippen LogP contribution in [0.4, 0.5) is 5.69 Å². The molecule has 8 heteroatoms. The molecule has 2 aromatic rings. The van der Waals surface area contributed by atoms with Gasteiger partial charge in [-0.2, -0.15) is 0 Å². The fourth-order valence-corrected chi connectivity index (χ4v) is 3.77. The molecule has 3 rings (SSSR count). The van der Waals surface area contributed by atoms with E-state index in [0.29, 0.717) is 48.3 Å². The molecule has 1 heterocycles. The maximum atomic E-state index is 13.7. The maximum absolute atomic E-state index is 13.7. The minimum absolute atomic E-state index is 0.274. The zero-order valence-electron chi connectivity index (χ0n) is 18.7. The van der Waals surface area contributed by atoms with E-state index < -0.39 is 11.8 Å². The Kier molecular flexibility index (Phi) is 7.90. The molecule has 0 unspecified atom stereocenters. The van der Waals surface area contributed by atoms with Crippen LogP contribution in [0.3, 0.4) is 0 Å². The second-order valence-electron chi connectivity index (χ2n) is 7.28. The summed E-state index contributed by atoms with van der Waals surface area (Å²) in [6.07, 6.45) is 0. The number of nitrogens with zero attached hydrogens (tertiary/aromatic N) is 2. The third-order valence-electron chi connectivity index (χ3n) is 5.30. The summed E-state index contributed by atoms with van der Waals surface area (Å²) in [7, 11) is 4.71. The number of methoxy groups -OCH3 is 3. The van der Waals surface area contributed by atoms with Gasteiger partial charge >= 0.3 is 0 Å². The lowest BCUT2D eigenvalue weighted by atomic mass is 10.0. The molecule has 1 aliphatic rings. The van der Waals surface area contributed by atoms with Crippen LogP contribution in [0.5, 0.6) is 5.75 Å². The zero-order chi connectivity index (χ0) is 23.3. The molecule has 0 atom stereocenters. The molecular formula is C24H27ClN2O5. The molecule has 0 N–H and O–H groups in total. The first-order chi connectivity index (χ1) is 15.4. The van der Waals surface area contributed by atoms with Crippen molar-refractivity contribution in [2.75, 3.05) is 52.5 Å². The van der Waals surface area contributed by atoms with E-state index in [1.54, 1.807) is 50.6 Å². The minimum Gasteiger partial charge on any atom is -0.496 e.